The number of rotatable bonds is 4. The van der Waals surface area contributed by atoms with Crippen molar-refractivity contribution in [2.24, 2.45) is 0 Å². The van der Waals surface area contributed by atoms with Crippen molar-refractivity contribution in [3.05, 3.63) is 57.9 Å². The Morgan fingerprint density at radius 3 is 2.51 bits per heavy atom. The topological polar surface area (TPSA) is 99.4 Å². The molecule has 198 valence electrons. The van der Waals surface area contributed by atoms with Crippen LogP contribution < -0.4 is 10.3 Å². The Morgan fingerprint density at radius 2 is 1.86 bits per heavy atom. The van der Waals surface area contributed by atoms with Crippen molar-refractivity contribution in [2.75, 3.05) is 13.1 Å². The van der Waals surface area contributed by atoms with Gasteiger partial charge in [0.1, 0.15) is 16.8 Å². The number of hydrogen-bond acceptors (Lipinski definition) is 7. The Labute approximate surface area is 211 Å². The van der Waals surface area contributed by atoms with Crippen LogP contribution >= 0.6 is 0 Å². The Hall–Kier alpha value is -3.70. The Bertz CT molecular complexity index is 1360. The van der Waals surface area contributed by atoms with Gasteiger partial charge in [-0.3, -0.25) is 19.3 Å². The van der Waals surface area contributed by atoms with Gasteiger partial charge in [-0.2, -0.15) is 0 Å². The summed E-state index contributed by atoms with van der Waals surface area (Å²) in [5, 5.41) is 0. The summed E-state index contributed by atoms with van der Waals surface area (Å²) in [5.41, 5.74) is 0.606. The first kappa shape index (κ1) is 26.4. The van der Waals surface area contributed by atoms with E-state index in [1.807, 2.05) is 0 Å². The number of ether oxygens (including phenoxy) is 2. The Morgan fingerprint density at radius 1 is 1.16 bits per heavy atom. The highest BCUT2D eigenvalue weighted by atomic mass is 19.4. The largest absolute Gasteiger partial charge is 0.573 e. The summed E-state index contributed by atoms with van der Waals surface area (Å²) in [6.45, 7) is 7.62. The molecule has 1 aliphatic heterocycles. The molecule has 4 rings (SSSR count). The van der Waals surface area contributed by atoms with Crippen LogP contribution in [0.4, 0.5) is 18.0 Å². The molecule has 0 atom stereocenters. The van der Waals surface area contributed by atoms with Crippen molar-refractivity contribution in [3.63, 3.8) is 0 Å². The number of carbonyl (C=O) groups is 1. The van der Waals surface area contributed by atoms with E-state index in [-0.39, 0.29) is 23.8 Å². The number of carbonyl (C=O) groups excluding carboxylic acids is 1. The van der Waals surface area contributed by atoms with Gasteiger partial charge in [0.2, 0.25) is 0 Å². The van der Waals surface area contributed by atoms with Gasteiger partial charge in [-0.25, -0.2) is 9.78 Å². The van der Waals surface area contributed by atoms with Gasteiger partial charge in [-0.05, 0) is 64.7 Å². The molecule has 0 radical (unpaired) electrons. The smallest absolute Gasteiger partial charge is 0.444 e. The summed E-state index contributed by atoms with van der Waals surface area (Å²) in [7, 11) is 0. The van der Waals surface area contributed by atoms with Gasteiger partial charge >= 0.3 is 12.5 Å². The maximum atomic E-state index is 13.7. The minimum Gasteiger partial charge on any atom is -0.444 e. The lowest BCUT2D eigenvalue weighted by Gasteiger charge is -2.33. The van der Waals surface area contributed by atoms with E-state index in [4.69, 9.17) is 4.74 Å². The SMILES string of the molecule is Cc1cnc2cc(C3CCN(C(=O)OC(C)(C)C)CC3)c(=O)n(Cc3ncccc3OC(F)(F)F)c2n1. The summed E-state index contributed by atoms with van der Waals surface area (Å²) in [4.78, 5) is 40.6. The number of alkyl halides is 3. The van der Waals surface area contributed by atoms with Gasteiger partial charge in [-0.15, -0.1) is 13.2 Å². The number of amides is 1. The predicted octanol–water partition coefficient (Wildman–Crippen LogP) is 4.56. The van der Waals surface area contributed by atoms with Gasteiger partial charge in [0.15, 0.2) is 11.4 Å². The minimum atomic E-state index is -4.91. The van der Waals surface area contributed by atoms with Gasteiger partial charge in [0.25, 0.3) is 5.56 Å². The van der Waals surface area contributed by atoms with Crippen molar-refractivity contribution in [2.45, 2.75) is 65.0 Å². The summed E-state index contributed by atoms with van der Waals surface area (Å²) in [6, 6.07) is 4.15. The molecule has 1 aliphatic rings. The van der Waals surface area contributed by atoms with Crippen molar-refractivity contribution < 1.29 is 27.4 Å². The van der Waals surface area contributed by atoms with Crippen LogP contribution in [0, 0.1) is 6.92 Å². The predicted molar refractivity (Wildman–Crippen MR) is 128 cm³/mol. The maximum Gasteiger partial charge on any atom is 0.573 e. The lowest BCUT2D eigenvalue weighted by atomic mass is 9.90. The summed E-state index contributed by atoms with van der Waals surface area (Å²) < 4.78 is 49.7. The Balaban J connectivity index is 1.68. The number of halogens is 3. The van der Waals surface area contributed by atoms with Gasteiger partial charge < -0.3 is 14.4 Å². The van der Waals surface area contributed by atoms with Gasteiger partial charge in [0.05, 0.1) is 12.2 Å². The standard InChI is InChI=1S/C25H28F3N5O4/c1-15-13-30-18-12-17(16-7-10-32(11-8-16)23(35)37-24(2,3)4)22(34)33(21(18)31-15)14-19-20(6-5-9-29-19)36-25(26,27)28/h5-6,9,12-13,16H,7-8,10-11,14H2,1-4H3. The fraction of sp³-hybridized carbons (Fsp3) is 0.480. The van der Waals surface area contributed by atoms with E-state index in [2.05, 4.69) is 19.7 Å². The molecular formula is C25H28F3N5O4. The van der Waals surface area contributed by atoms with Crippen molar-refractivity contribution >= 4 is 17.3 Å². The van der Waals surface area contributed by atoms with E-state index in [1.54, 1.807) is 44.9 Å². The molecular weight excluding hydrogens is 491 g/mol. The third-order valence-electron chi connectivity index (χ3n) is 5.91. The molecule has 0 unspecified atom stereocenters. The lowest BCUT2D eigenvalue weighted by molar-refractivity contribution is -0.275. The normalized spacial score (nSPS) is 15.2. The number of pyridine rings is 2. The second kappa shape index (κ2) is 9.98. The third kappa shape index (κ3) is 6.36. The Kier molecular flexibility index (Phi) is 7.11. The molecule has 3 aromatic rings. The highest BCUT2D eigenvalue weighted by Crippen LogP contribution is 2.29. The summed E-state index contributed by atoms with van der Waals surface area (Å²) in [6.07, 6.45) is -1.39. The molecule has 0 saturated carbocycles. The first-order chi connectivity index (χ1) is 17.3. The van der Waals surface area contributed by atoms with Crippen LogP contribution in [0.25, 0.3) is 11.2 Å². The van der Waals surface area contributed by atoms with Crippen LogP contribution in [-0.2, 0) is 11.3 Å². The molecule has 0 spiro atoms. The molecule has 1 amide bonds. The summed E-state index contributed by atoms with van der Waals surface area (Å²) >= 11 is 0. The number of piperidine rings is 1. The molecule has 0 aliphatic carbocycles. The maximum absolute atomic E-state index is 13.7. The highest BCUT2D eigenvalue weighted by molar-refractivity contribution is 5.71. The first-order valence-electron chi connectivity index (χ1n) is 11.9. The van der Waals surface area contributed by atoms with Crippen molar-refractivity contribution in [1.29, 1.82) is 0 Å². The fourth-order valence-corrected chi connectivity index (χ4v) is 4.28. The zero-order valence-corrected chi connectivity index (χ0v) is 21.0. The fourth-order valence-electron chi connectivity index (χ4n) is 4.28. The van der Waals surface area contributed by atoms with Crippen LogP contribution in [0.15, 0.2) is 35.4 Å². The molecule has 3 aromatic heterocycles. The molecule has 37 heavy (non-hydrogen) atoms. The molecule has 0 bridgehead atoms. The summed E-state index contributed by atoms with van der Waals surface area (Å²) in [5.74, 6) is -0.675. The van der Waals surface area contributed by atoms with E-state index in [0.717, 1.165) is 6.07 Å². The molecule has 4 heterocycles. The van der Waals surface area contributed by atoms with Crippen LogP contribution in [-0.4, -0.2) is 55.6 Å². The van der Waals surface area contributed by atoms with E-state index >= 15 is 0 Å². The van der Waals surface area contributed by atoms with Crippen LogP contribution in [0.2, 0.25) is 0 Å². The lowest BCUT2D eigenvalue weighted by Crippen LogP contribution is -2.42. The molecule has 0 aromatic carbocycles. The number of likely N-dealkylation sites (tertiary alicyclic amines) is 1. The average molecular weight is 520 g/mol. The van der Waals surface area contributed by atoms with E-state index in [9.17, 15) is 22.8 Å². The van der Waals surface area contributed by atoms with Gasteiger partial charge in [0, 0.05) is 31.0 Å². The molecule has 9 nitrogen and oxygen atoms in total. The molecule has 0 N–H and O–H groups in total. The zero-order chi connectivity index (χ0) is 27.0. The zero-order valence-electron chi connectivity index (χ0n) is 21.0. The first-order valence-corrected chi connectivity index (χ1v) is 11.9. The number of aromatic nitrogens is 4. The van der Waals surface area contributed by atoms with Crippen LogP contribution in [0.3, 0.4) is 0 Å². The average Bonchev–Trinajstić information content (AvgIpc) is 2.80. The second-order valence-corrected chi connectivity index (χ2v) is 9.95. The third-order valence-corrected chi connectivity index (χ3v) is 5.91. The number of hydrogen-bond donors (Lipinski definition) is 0. The minimum absolute atomic E-state index is 0.0663. The molecule has 12 heteroatoms. The monoisotopic (exact) mass is 519 g/mol. The quantitative estimate of drug-likeness (QED) is 0.498. The van der Waals surface area contributed by atoms with Gasteiger partial charge in [-0.1, -0.05) is 0 Å². The van der Waals surface area contributed by atoms with Crippen LogP contribution in [0.1, 0.15) is 56.5 Å². The van der Waals surface area contributed by atoms with Crippen molar-refractivity contribution in [3.8, 4) is 5.75 Å². The van der Waals surface area contributed by atoms with E-state index in [0.29, 0.717) is 42.7 Å². The highest BCUT2D eigenvalue weighted by Gasteiger charge is 2.33. The second-order valence-electron chi connectivity index (χ2n) is 9.95. The number of nitrogens with zero attached hydrogens (tertiary/aromatic N) is 5. The molecule has 1 saturated heterocycles. The number of aryl methyl sites for hydroxylation is 1. The van der Waals surface area contributed by atoms with E-state index in [1.165, 1.54) is 16.8 Å². The number of fused-ring (bicyclic) bond motifs is 1. The van der Waals surface area contributed by atoms with E-state index < -0.39 is 29.4 Å². The molecule has 1 fully saturated rings. The van der Waals surface area contributed by atoms with Crippen molar-refractivity contribution in [1.82, 2.24) is 24.4 Å². The van der Waals surface area contributed by atoms with Crippen LogP contribution in [0.5, 0.6) is 5.75 Å².